The van der Waals surface area contributed by atoms with Gasteiger partial charge in [0.05, 0.1) is 5.52 Å². The van der Waals surface area contributed by atoms with Crippen LogP contribution in [0.2, 0.25) is 0 Å². The summed E-state index contributed by atoms with van der Waals surface area (Å²) in [5, 5.41) is 0.377. The van der Waals surface area contributed by atoms with Crippen LogP contribution in [0.5, 0.6) is 0 Å². The Kier molecular flexibility index (Phi) is 4.89. The third-order valence-electron chi connectivity index (χ3n) is 5.90. The maximum absolute atomic E-state index is 12.9. The maximum atomic E-state index is 12.9. The number of carbonyl (C=O) groups is 1. The Labute approximate surface area is 162 Å². The summed E-state index contributed by atoms with van der Waals surface area (Å²) in [6.07, 6.45) is 5.54. The van der Waals surface area contributed by atoms with Crippen LogP contribution in [0.4, 0.5) is 14.3 Å². The van der Waals surface area contributed by atoms with Crippen LogP contribution in [-0.2, 0) is 4.65 Å². The van der Waals surface area contributed by atoms with Crippen molar-refractivity contribution >= 4 is 30.0 Å². The fourth-order valence-corrected chi connectivity index (χ4v) is 4.14. The lowest BCUT2D eigenvalue weighted by atomic mass is 9.97. The van der Waals surface area contributed by atoms with Crippen molar-refractivity contribution in [1.29, 1.82) is 0 Å². The van der Waals surface area contributed by atoms with E-state index in [2.05, 4.69) is 16.5 Å². The second-order valence-corrected chi connectivity index (χ2v) is 7.95. The van der Waals surface area contributed by atoms with Gasteiger partial charge in [-0.1, -0.05) is 6.92 Å². The van der Waals surface area contributed by atoms with Gasteiger partial charge in [-0.15, -0.1) is 0 Å². The lowest BCUT2D eigenvalue weighted by molar-refractivity contribution is 0.0693. The molecule has 1 aromatic heterocycles. The van der Waals surface area contributed by atoms with Gasteiger partial charge in [0, 0.05) is 36.4 Å². The third kappa shape index (κ3) is 3.40. The number of rotatable bonds is 4. The molecule has 4 rings (SSSR count). The Balaban J connectivity index is 1.85. The van der Waals surface area contributed by atoms with Crippen LogP contribution in [0, 0.1) is 12.8 Å². The molecule has 0 atom stereocenters. The number of benzene rings is 1. The van der Waals surface area contributed by atoms with E-state index < -0.39 is 18.9 Å². The monoisotopic (exact) mass is 388 g/mol. The highest BCUT2D eigenvalue weighted by Crippen LogP contribution is 2.39. The standard InChI is InChI=1S/C20H23BF2N2O3/c1-12-7-9-24(10-8-12)17-6-5-15-18(13(17)2)25(14-3-4-14)11-16(19(15)26)20(27)28-21(22)23/h5-6,11-12,14H,3-4,7-10H2,1-2H3. The summed E-state index contributed by atoms with van der Waals surface area (Å²) >= 11 is 0. The van der Waals surface area contributed by atoms with E-state index in [9.17, 15) is 18.2 Å². The molecular weight excluding hydrogens is 365 g/mol. The number of hydrogen-bond acceptors (Lipinski definition) is 4. The number of carbonyl (C=O) groups excluding carboxylic acids is 1. The van der Waals surface area contributed by atoms with E-state index in [0.717, 1.165) is 55.5 Å². The average molecular weight is 388 g/mol. The highest BCUT2D eigenvalue weighted by molar-refractivity contribution is 6.38. The number of anilines is 1. The molecule has 0 radical (unpaired) electrons. The van der Waals surface area contributed by atoms with E-state index >= 15 is 0 Å². The number of piperidine rings is 1. The molecule has 5 nitrogen and oxygen atoms in total. The SMILES string of the molecule is Cc1c(N2CCC(C)CC2)ccc2c(=O)c(C(=O)OB(F)F)cn(C3CC3)c12. The smallest absolute Gasteiger partial charge is 0.474 e. The molecular formula is C20H23BF2N2O3. The van der Waals surface area contributed by atoms with Crippen molar-refractivity contribution in [2.45, 2.75) is 45.6 Å². The van der Waals surface area contributed by atoms with Gasteiger partial charge in [-0.3, -0.25) is 4.79 Å². The quantitative estimate of drug-likeness (QED) is 0.744. The topological polar surface area (TPSA) is 51.5 Å². The molecule has 8 heteroatoms. The van der Waals surface area contributed by atoms with E-state index in [1.165, 1.54) is 6.20 Å². The highest BCUT2D eigenvalue weighted by Gasteiger charge is 2.31. The first kappa shape index (κ1) is 19.0. The fraction of sp³-hybridized carbons (Fsp3) is 0.500. The number of fused-ring (bicyclic) bond motifs is 1. The van der Waals surface area contributed by atoms with Gasteiger partial charge < -0.3 is 14.1 Å². The average Bonchev–Trinajstić information content (AvgIpc) is 3.48. The Morgan fingerprint density at radius 1 is 1.18 bits per heavy atom. The van der Waals surface area contributed by atoms with Crippen molar-refractivity contribution in [2.24, 2.45) is 5.92 Å². The Bertz CT molecular complexity index is 980. The lowest BCUT2D eigenvalue weighted by Crippen LogP contribution is -2.33. The number of nitrogens with zero attached hydrogens (tertiary/aromatic N) is 2. The first-order valence-corrected chi connectivity index (χ1v) is 9.79. The molecule has 2 fully saturated rings. The van der Waals surface area contributed by atoms with Gasteiger partial charge in [-0.2, -0.15) is 0 Å². The summed E-state index contributed by atoms with van der Waals surface area (Å²) in [5.41, 5.74) is 1.98. The minimum absolute atomic E-state index is 0.177. The van der Waals surface area contributed by atoms with Gasteiger partial charge in [0.2, 0.25) is 5.43 Å². The number of pyridine rings is 1. The molecule has 1 aromatic carbocycles. The van der Waals surface area contributed by atoms with Crippen molar-refractivity contribution < 1.29 is 18.1 Å². The minimum Gasteiger partial charge on any atom is -0.474 e. The molecule has 0 spiro atoms. The summed E-state index contributed by atoms with van der Waals surface area (Å²) in [5.74, 6) is -0.562. The van der Waals surface area contributed by atoms with Crippen LogP contribution in [0.1, 0.15) is 54.6 Å². The molecule has 1 aliphatic heterocycles. The molecule has 0 N–H and O–H groups in total. The van der Waals surface area contributed by atoms with Gasteiger partial charge in [-0.05, 0) is 56.2 Å². The second kappa shape index (κ2) is 7.22. The third-order valence-corrected chi connectivity index (χ3v) is 5.90. The van der Waals surface area contributed by atoms with Crippen molar-refractivity contribution in [1.82, 2.24) is 4.57 Å². The molecule has 1 aliphatic carbocycles. The normalized spacial score (nSPS) is 17.8. The summed E-state index contributed by atoms with van der Waals surface area (Å²) in [6, 6.07) is 3.81. The predicted molar refractivity (Wildman–Crippen MR) is 105 cm³/mol. The number of aromatic nitrogens is 1. The van der Waals surface area contributed by atoms with Crippen LogP contribution in [0.15, 0.2) is 23.1 Å². The summed E-state index contributed by atoms with van der Waals surface area (Å²) < 4.78 is 30.9. The summed E-state index contributed by atoms with van der Waals surface area (Å²) in [7, 11) is -3.25. The molecule has 1 saturated carbocycles. The van der Waals surface area contributed by atoms with Crippen LogP contribution < -0.4 is 10.3 Å². The summed E-state index contributed by atoms with van der Waals surface area (Å²) in [6.45, 7) is 6.19. The number of hydrogen-bond donors (Lipinski definition) is 0. The molecule has 148 valence electrons. The molecule has 2 aliphatic rings. The molecule has 0 unspecified atom stereocenters. The molecule has 0 bridgehead atoms. The highest BCUT2D eigenvalue weighted by atomic mass is 19.2. The molecule has 1 saturated heterocycles. The lowest BCUT2D eigenvalue weighted by Gasteiger charge is -2.33. The van der Waals surface area contributed by atoms with Crippen molar-refractivity contribution in [3.05, 3.63) is 39.7 Å². The van der Waals surface area contributed by atoms with E-state index in [0.29, 0.717) is 11.3 Å². The maximum Gasteiger partial charge on any atom is 0.798 e. The van der Waals surface area contributed by atoms with E-state index in [4.69, 9.17) is 0 Å². The Morgan fingerprint density at radius 2 is 1.86 bits per heavy atom. The zero-order valence-electron chi connectivity index (χ0n) is 16.1. The van der Waals surface area contributed by atoms with Gasteiger partial charge in [0.25, 0.3) is 0 Å². The number of halogens is 2. The van der Waals surface area contributed by atoms with E-state index in [1.807, 2.05) is 17.6 Å². The summed E-state index contributed by atoms with van der Waals surface area (Å²) in [4.78, 5) is 27.2. The van der Waals surface area contributed by atoms with Crippen LogP contribution in [0.25, 0.3) is 10.9 Å². The molecule has 2 aromatic rings. The first-order chi connectivity index (χ1) is 13.4. The van der Waals surface area contributed by atoms with Crippen molar-refractivity contribution in [2.75, 3.05) is 18.0 Å². The Morgan fingerprint density at radius 3 is 2.46 bits per heavy atom. The molecule has 2 heterocycles. The van der Waals surface area contributed by atoms with Gasteiger partial charge in [0.1, 0.15) is 5.56 Å². The molecule has 0 amide bonds. The van der Waals surface area contributed by atoms with Crippen molar-refractivity contribution in [3.8, 4) is 0 Å². The van der Waals surface area contributed by atoms with Crippen LogP contribution in [-0.4, -0.2) is 31.1 Å². The fourth-order valence-electron chi connectivity index (χ4n) is 4.14. The second-order valence-electron chi connectivity index (χ2n) is 7.95. The van der Waals surface area contributed by atoms with Gasteiger partial charge >= 0.3 is 13.4 Å². The van der Waals surface area contributed by atoms with Gasteiger partial charge in [0.15, 0.2) is 0 Å². The minimum atomic E-state index is -3.25. The van der Waals surface area contributed by atoms with Gasteiger partial charge in [-0.25, -0.2) is 13.4 Å². The zero-order chi connectivity index (χ0) is 20.0. The zero-order valence-corrected chi connectivity index (χ0v) is 16.1. The van der Waals surface area contributed by atoms with Crippen molar-refractivity contribution in [3.63, 3.8) is 0 Å². The molecule has 28 heavy (non-hydrogen) atoms. The van der Waals surface area contributed by atoms with E-state index in [-0.39, 0.29) is 11.6 Å². The van der Waals surface area contributed by atoms with Crippen LogP contribution >= 0.6 is 0 Å². The van der Waals surface area contributed by atoms with E-state index in [1.54, 1.807) is 6.07 Å². The van der Waals surface area contributed by atoms with Crippen LogP contribution in [0.3, 0.4) is 0 Å². The Hall–Kier alpha value is -2.38. The first-order valence-electron chi connectivity index (χ1n) is 9.79. The predicted octanol–water partition coefficient (Wildman–Crippen LogP) is 3.96. The largest absolute Gasteiger partial charge is 0.798 e. The number of aryl methyl sites for hydroxylation is 1.